The van der Waals surface area contributed by atoms with Crippen LogP contribution in [0, 0.1) is 11.6 Å². The van der Waals surface area contributed by atoms with Gasteiger partial charge in [-0.1, -0.05) is 12.1 Å². The number of allylic oxidation sites excluding steroid dienone is 2. The van der Waals surface area contributed by atoms with E-state index in [4.69, 9.17) is 0 Å². The van der Waals surface area contributed by atoms with Crippen molar-refractivity contribution in [2.45, 2.75) is 0 Å². The summed E-state index contributed by atoms with van der Waals surface area (Å²) in [5.41, 5.74) is 0.253. The fourth-order valence-electron chi connectivity index (χ4n) is 2.14. The molecule has 0 bridgehead atoms. The molecule has 20 heavy (non-hydrogen) atoms. The highest BCUT2D eigenvalue weighted by Gasteiger charge is 2.28. The smallest absolute Gasteiger partial charge is 0.256 e. The SMILES string of the molecule is O=S1(=O)CCN2C=CC=C(c3cccc(F)c3F)C2=N1. The second kappa shape index (κ2) is 4.52. The van der Waals surface area contributed by atoms with E-state index >= 15 is 0 Å². The predicted molar refractivity (Wildman–Crippen MR) is 71.4 cm³/mol. The summed E-state index contributed by atoms with van der Waals surface area (Å²) < 4.78 is 54.1. The Bertz CT molecular complexity index is 767. The van der Waals surface area contributed by atoms with Gasteiger partial charge in [-0.05, 0) is 18.2 Å². The maximum absolute atomic E-state index is 13.9. The van der Waals surface area contributed by atoms with Crippen molar-refractivity contribution in [1.82, 2.24) is 4.90 Å². The molecule has 2 heterocycles. The average molecular weight is 296 g/mol. The van der Waals surface area contributed by atoms with Crippen molar-refractivity contribution < 1.29 is 17.2 Å². The van der Waals surface area contributed by atoms with Gasteiger partial charge in [-0.2, -0.15) is 0 Å². The highest BCUT2D eigenvalue weighted by atomic mass is 32.2. The van der Waals surface area contributed by atoms with Gasteiger partial charge < -0.3 is 4.90 Å². The number of hydrogen-bond acceptors (Lipinski definition) is 3. The van der Waals surface area contributed by atoms with Crippen LogP contribution >= 0.6 is 0 Å². The van der Waals surface area contributed by atoms with Crippen molar-refractivity contribution >= 4 is 21.4 Å². The van der Waals surface area contributed by atoms with Crippen molar-refractivity contribution in [3.8, 4) is 0 Å². The first kappa shape index (κ1) is 13.0. The van der Waals surface area contributed by atoms with E-state index in [-0.39, 0.29) is 29.3 Å². The van der Waals surface area contributed by atoms with Gasteiger partial charge in [0.15, 0.2) is 17.5 Å². The van der Waals surface area contributed by atoms with E-state index in [2.05, 4.69) is 4.40 Å². The van der Waals surface area contributed by atoms with Gasteiger partial charge in [0.2, 0.25) is 0 Å². The van der Waals surface area contributed by atoms with Crippen molar-refractivity contribution in [1.29, 1.82) is 0 Å². The van der Waals surface area contributed by atoms with Gasteiger partial charge in [-0.25, -0.2) is 17.2 Å². The molecule has 0 N–H and O–H groups in total. The number of rotatable bonds is 1. The standard InChI is InChI=1S/C13H10F2N2O2S/c14-11-5-1-3-9(12(11)15)10-4-2-6-17-7-8-20(18,19)16-13(10)17/h1-6H,7-8H2. The molecule has 1 aromatic rings. The van der Waals surface area contributed by atoms with Crippen molar-refractivity contribution in [3.05, 3.63) is 53.7 Å². The summed E-state index contributed by atoms with van der Waals surface area (Å²) in [5.74, 6) is -1.97. The second-order valence-electron chi connectivity index (χ2n) is 4.42. The van der Waals surface area contributed by atoms with Gasteiger partial charge in [0.05, 0.1) is 5.75 Å². The number of sulfonamides is 1. The molecule has 7 heteroatoms. The topological polar surface area (TPSA) is 49.7 Å². The van der Waals surface area contributed by atoms with E-state index in [1.165, 1.54) is 18.2 Å². The van der Waals surface area contributed by atoms with Crippen LogP contribution < -0.4 is 0 Å². The Morgan fingerprint density at radius 1 is 1.25 bits per heavy atom. The quantitative estimate of drug-likeness (QED) is 0.795. The summed E-state index contributed by atoms with van der Waals surface area (Å²) in [5, 5.41) is 0. The maximum Gasteiger partial charge on any atom is 0.256 e. The Labute approximate surface area is 114 Å². The van der Waals surface area contributed by atoms with Crippen molar-refractivity contribution in [2.24, 2.45) is 4.40 Å². The van der Waals surface area contributed by atoms with Gasteiger partial charge in [-0.3, -0.25) is 0 Å². The summed E-state index contributed by atoms with van der Waals surface area (Å²) >= 11 is 0. The molecular weight excluding hydrogens is 286 g/mol. The zero-order chi connectivity index (χ0) is 14.3. The monoisotopic (exact) mass is 296 g/mol. The van der Waals surface area contributed by atoms with Crippen LogP contribution in [-0.2, 0) is 10.0 Å². The number of hydrogen-bond donors (Lipinski definition) is 0. The van der Waals surface area contributed by atoms with E-state index in [0.717, 1.165) is 6.07 Å². The number of nitrogens with zero attached hydrogens (tertiary/aromatic N) is 2. The average Bonchev–Trinajstić information content (AvgIpc) is 2.41. The molecule has 0 aliphatic carbocycles. The Morgan fingerprint density at radius 2 is 2.05 bits per heavy atom. The third-order valence-corrected chi connectivity index (χ3v) is 4.25. The summed E-state index contributed by atoms with van der Waals surface area (Å²) in [6.07, 6.45) is 4.83. The van der Waals surface area contributed by atoms with Crippen LogP contribution in [0.1, 0.15) is 5.56 Å². The minimum atomic E-state index is -3.56. The molecule has 2 aliphatic rings. The van der Waals surface area contributed by atoms with Gasteiger partial charge in [0.25, 0.3) is 10.0 Å². The first-order valence-corrected chi connectivity index (χ1v) is 7.51. The molecule has 0 aromatic heterocycles. The van der Waals surface area contributed by atoms with Crippen LogP contribution in [0.15, 0.2) is 40.9 Å². The molecule has 4 nitrogen and oxygen atoms in total. The van der Waals surface area contributed by atoms with Gasteiger partial charge >= 0.3 is 0 Å². The molecule has 0 saturated heterocycles. The molecule has 0 amide bonds. The van der Waals surface area contributed by atoms with Crippen molar-refractivity contribution in [3.63, 3.8) is 0 Å². The van der Waals surface area contributed by atoms with E-state index in [1.807, 2.05) is 0 Å². The molecule has 0 unspecified atom stereocenters. The zero-order valence-corrected chi connectivity index (χ0v) is 11.1. The molecule has 3 rings (SSSR count). The van der Waals surface area contributed by atoms with Gasteiger partial charge in [0, 0.05) is 23.9 Å². The number of fused-ring (bicyclic) bond motifs is 1. The zero-order valence-electron chi connectivity index (χ0n) is 10.3. The predicted octanol–water partition coefficient (Wildman–Crippen LogP) is 1.92. The van der Waals surface area contributed by atoms with Crippen LogP contribution in [0.25, 0.3) is 5.57 Å². The van der Waals surface area contributed by atoms with Crippen LogP contribution in [-0.4, -0.2) is 31.5 Å². The molecule has 2 aliphatic heterocycles. The summed E-state index contributed by atoms with van der Waals surface area (Å²) in [6.45, 7) is 0.242. The summed E-state index contributed by atoms with van der Waals surface area (Å²) in [4.78, 5) is 1.61. The van der Waals surface area contributed by atoms with E-state index in [0.29, 0.717) is 0 Å². The number of halogens is 2. The molecule has 0 saturated carbocycles. The van der Waals surface area contributed by atoms with Crippen molar-refractivity contribution in [2.75, 3.05) is 12.3 Å². The fourth-order valence-corrected chi connectivity index (χ4v) is 3.12. The van der Waals surface area contributed by atoms with Crippen LogP contribution in [0.4, 0.5) is 8.78 Å². The summed E-state index contributed by atoms with van der Waals surface area (Å²) in [6, 6.07) is 3.77. The lowest BCUT2D eigenvalue weighted by Crippen LogP contribution is -2.37. The number of amidine groups is 1. The van der Waals surface area contributed by atoms with Crippen LogP contribution in [0.3, 0.4) is 0 Å². The molecule has 0 fully saturated rings. The number of benzene rings is 1. The first-order valence-electron chi connectivity index (χ1n) is 5.90. The Hall–Kier alpha value is -2.02. The molecule has 0 atom stereocenters. The van der Waals surface area contributed by atoms with E-state index in [9.17, 15) is 17.2 Å². The lowest BCUT2D eigenvalue weighted by molar-refractivity contribution is 0.506. The lowest BCUT2D eigenvalue weighted by Gasteiger charge is -2.29. The molecule has 0 radical (unpaired) electrons. The van der Waals surface area contributed by atoms with Crippen LogP contribution in [0.2, 0.25) is 0 Å². The normalized spacial score (nSPS) is 20.2. The highest BCUT2D eigenvalue weighted by molar-refractivity contribution is 7.90. The highest BCUT2D eigenvalue weighted by Crippen LogP contribution is 2.28. The van der Waals surface area contributed by atoms with E-state index in [1.54, 1.807) is 17.2 Å². The second-order valence-corrected chi connectivity index (χ2v) is 6.17. The van der Waals surface area contributed by atoms with Gasteiger partial charge in [-0.15, -0.1) is 4.40 Å². The lowest BCUT2D eigenvalue weighted by atomic mass is 10.0. The Kier molecular flexibility index (Phi) is 2.93. The van der Waals surface area contributed by atoms with Crippen LogP contribution in [0.5, 0.6) is 0 Å². The minimum Gasteiger partial charge on any atom is -0.331 e. The van der Waals surface area contributed by atoms with Gasteiger partial charge in [0.1, 0.15) is 0 Å². The fraction of sp³-hybridized carbons (Fsp3) is 0.154. The third-order valence-electron chi connectivity index (χ3n) is 3.10. The van der Waals surface area contributed by atoms with E-state index < -0.39 is 21.7 Å². The molecule has 104 valence electrons. The molecular formula is C13H10F2N2O2S. The largest absolute Gasteiger partial charge is 0.331 e. The first-order chi connectivity index (χ1) is 9.48. The minimum absolute atomic E-state index is 0.00444. The Balaban J connectivity index is 2.18. The summed E-state index contributed by atoms with van der Waals surface area (Å²) in [7, 11) is -3.56. The third kappa shape index (κ3) is 2.14. The molecule has 1 aromatic carbocycles. The molecule has 0 spiro atoms. The maximum atomic E-state index is 13.9. The Morgan fingerprint density at radius 3 is 2.85 bits per heavy atom.